The molecule has 0 saturated heterocycles. The summed E-state index contributed by atoms with van der Waals surface area (Å²) < 4.78 is 13.9. The molecule has 3 aromatic carbocycles. The highest BCUT2D eigenvalue weighted by Crippen LogP contribution is 2.51. The van der Waals surface area contributed by atoms with Crippen molar-refractivity contribution in [1.29, 1.82) is 0 Å². The van der Waals surface area contributed by atoms with E-state index in [2.05, 4.69) is 38.7 Å². The van der Waals surface area contributed by atoms with Crippen molar-refractivity contribution in [3.63, 3.8) is 0 Å². The lowest BCUT2D eigenvalue weighted by atomic mass is 9.69. The minimum atomic E-state index is -0.416. The summed E-state index contributed by atoms with van der Waals surface area (Å²) in [5.74, 6) is 0. The Labute approximate surface area is 249 Å². The van der Waals surface area contributed by atoms with Crippen LogP contribution in [0.4, 0.5) is 5.69 Å². The zero-order valence-corrected chi connectivity index (χ0v) is 25.2. The predicted molar refractivity (Wildman–Crippen MR) is 173 cm³/mol. The molecule has 5 heterocycles. The maximum Gasteiger partial charge on any atom is 0.345 e. The van der Waals surface area contributed by atoms with Crippen LogP contribution in [0.15, 0.2) is 85.2 Å². The first-order valence-electron chi connectivity index (χ1n) is 15.1. The predicted octanol–water partition coefficient (Wildman–Crippen LogP) is 7.89. The van der Waals surface area contributed by atoms with Crippen LogP contribution in [-0.2, 0) is 17.9 Å². The lowest BCUT2D eigenvalue weighted by Crippen LogP contribution is -2.44. The van der Waals surface area contributed by atoms with Gasteiger partial charge in [-0.05, 0) is 82.5 Å². The Bertz CT molecular complexity index is 2260. The third-order valence-electron chi connectivity index (χ3n) is 10.0. The fourth-order valence-electron chi connectivity index (χ4n) is 7.37. The zero-order valence-electron chi connectivity index (χ0n) is 25.2. The molecule has 0 amide bonds. The molecule has 0 unspecified atom stereocenters. The molecule has 0 saturated carbocycles. The summed E-state index contributed by atoms with van der Waals surface area (Å²) in [6.45, 7) is 11.2. The van der Waals surface area contributed by atoms with Gasteiger partial charge in [0.25, 0.3) is 0 Å². The van der Waals surface area contributed by atoms with Crippen LogP contribution < -0.4 is 16.2 Å². The average molecular weight is 571 g/mol. The number of nitrogens with zero attached hydrogens (tertiary/aromatic N) is 2. The Balaban J connectivity index is 1.31. The van der Waals surface area contributed by atoms with Crippen LogP contribution in [0.2, 0.25) is 0 Å². The van der Waals surface area contributed by atoms with Gasteiger partial charge in [-0.15, -0.1) is 0 Å². The van der Waals surface area contributed by atoms with Crippen molar-refractivity contribution in [2.75, 3.05) is 18.0 Å². The minimum Gasteiger partial charge on any atom is -0.422 e. The third kappa shape index (κ3) is 3.78. The molecule has 8 rings (SSSR count). The number of fused-ring (bicyclic) bond motifs is 4. The molecule has 2 aliphatic heterocycles. The van der Waals surface area contributed by atoms with E-state index in [1.807, 2.05) is 72.3 Å². The summed E-state index contributed by atoms with van der Waals surface area (Å²) in [6.07, 6.45) is 2.09. The molecule has 3 aromatic heterocycles. The molecule has 0 fully saturated rings. The molecule has 0 radical (unpaired) electrons. The van der Waals surface area contributed by atoms with Crippen LogP contribution in [0, 0.1) is 0 Å². The first kappa shape index (κ1) is 26.1. The maximum atomic E-state index is 13.7. The second kappa shape index (κ2) is 8.73. The van der Waals surface area contributed by atoms with Crippen molar-refractivity contribution < 1.29 is 8.83 Å². The van der Waals surface area contributed by atoms with Crippen LogP contribution in [0.3, 0.4) is 0 Å². The van der Waals surface area contributed by atoms with Gasteiger partial charge >= 0.3 is 11.3 Å². The van der Waals surface area contributed by atoms with E-state index >= 15 is 0 Å². The van der Waals surface area contributed by atoms with Gasteiger partial charge in [-0.25, -0.2) is 9.59 Å². The van der Waals surface area contributed by atoms with Gasteiger partial charge in [0.15, 0.2) is 0 Å². The van der Waals surface area contributed by atoms with E-state index in [1.165, 1.54) is 11.3 Å². The molecule has 6 aromatic rings. The van der Waals surface area contributed by atoms with Crippen molar-refractivity contribution in [2.24, 2.45) is 7.05 Å². The highest BCUT2D eigenvalue weighted by Gasteiger charge is 2.42. The topological polar surface area (TPSA) is 68.6 Å². The van der Waals surface area contributed by atoms with E-state index in [0.29, 0.717) is 33.7 Å². The minimum absolute atomic E-state index is 0.0199. The number of hydrogen-bond donors (Lipinski definition) is 0. The van der Waals surface area contributed by atoms with E-state index < -0.39 is 5.63 Å². The lowest BCUT2D eigenvalue weighted by molar-refractivity contribution is 0.398. The Kier molecular flexibility index (Phi) is 5.29. The van der Waals surface area contributed by atoms with Crippen LogP contribution in [-0.4, -0.2) is 17.7 Å². The molecular weight excluding hydrogens is 536 g/mol. The molecule has 0 bridgehead atoms. The van der Waals surface area contributed by atoms with Gasteiger partial charge in [0.1, 0.15) is 11.2 Å². The molecule has 216 valence electrons. The number of rotatable bonds is 2. The fraction of sp³-hybridized carbons (Fsp3) is 0.297. The molecular formula is C37H34N2O4. The Morgan fingerprint density at radius 1 is 0.674 bits per heavy atom. The van der Waals surface area contributed by atoms with Crippen LogP contribution >= 0.6 is 0 Å². The second-order valence-electron chi connectivity index (χ2n) is 13.6. The number of anilines is 1. The summed E-state index contributed by atoms with van der Waals surface area (Å²) >= 11 is 0. The standard InChI is InChI=1S/C37H34N2O4/c1-36(2)12-14-39-15-13-37(3,4)31-32(39)27(36)19-24-18-26(35(41)43-33(24)31)29-11-10-28(38(29)5)25-17-23-16-21-8-6-7-9-22(21)20-30(23)42-34(25)40/h6-11,16-20H,12-15H2,1-5H3. The van der Waals surface area contributed by atoms with E-state index in [4.69, 9.17) is 8.83 Å². The largest absolute Gasteiger partial charge is 0.422 e. The third-order valence-corrected chi connectivity index (χ3v) is 10.0. The quantitative estimate of drug-likeness (QED) is 0.156. The number of aromatic nitrogens is 1. The van der Waals surface area contributed by atoms with Gasteiger partial charge in [0.05, 0.1) is 22.5 Å². The van der Waals surface area contributed by atoms with Gasteiger partial charge in [0.2, 0.25) is 0 Å². The van der Waals surface area contributed by atoms with Crippen molar-refractivity contribution in [3.8, 4) is 22.5 Å². The molecule has 6 heteroatoms. The highest BCUT2D eigenvalue weighted by atomic mass is 16.4. The zero-order chi connectivity index (χ0) is 29.8. The summed E-state index contributed by atoms with van der Waals surface area (Å²) in [5.41, 5.74) is 6.37. The van der Waals surface area contributed by atoms with Gasteiger partial charge in [0, 0.05) is 42.2 Å². The molecule has 0 aliphatic carbocycles. The second-order valence-corrected chi connectivity index (χ2v) is 13.6. The monoisotopic (exact) mass is 570 g/mol. The summed E-state index contributed by atoms with van der Waals surface area (Å²) in [7, 11) is 1.87. The number of hydrogen-bond acceptors (Lipinski definition) is 5. The smallest absolute Gasteiger partial charge is 0.345 e. The van der Waals surface area contributed by atoms with E-state index in [1.54, 1.807) is 0 Å². The van der Waals surface area contributed by atoms with E-state index in [-0.39, 0.29) is 16.5 Å². The summed E-state index contributed by atoms with van der Waals surface area (Å²) in [5, 5.41) is 3.88. The lowest BCUT2D eigenvalue weighted by Gasteiger charge is -2.48. The molecule has 2 aliphatic rings. The van der Waals surface area contributed by atoms with Crippen LogP contribution in [0.1, 0.15) is 51.7 Å². The number of benzene rings is 3. The van der Waals surface area contributed by atoms with Gasteiger partial charge < -0.3 is 18.3 Å². The fourth-order valence-corrected chi connectivity index (χ4v) is 7.37. The molecule has 0 N–H and O–H groups in total. The first-order chi connectivity index (χ1) is 20.5. The van der Waals surface area contributed by atoms with Gasteiger partial charge in [-0.3, -0.25) is 0 Å². The SMILES string of the molecule is Cn1c(-c2cc3cc4ccccc4cc3oc2=O)ccc1-c1cc2cc3c4c(c2oc1=O)C(C)(C)CCN4CCC3(C)C. The molecule has 6 nitrogen and oxygen atoms in total. The van der Waals surface area contributed by atoms with Crippen molar-refractivity contribution in [2.45, 2.75) is 51.4 Å². The van der Waals surface area contributed by atoms with Crippen LogP contribution in [0.5, 0.6) is 0 Å². The van der Waals surface area contributed by atoms with Gasteiger partial charge in [-0.1, -0.05) is 52.0 Å². The first-order valence-corrected chi connectivity index (χ1v) is 15.1. The van der Waals surface area contributed by atoms with E-state index in [0.717, 1.165) is 53.0 Å². The van der Waals surface area contributed by atoms with E-state index in [9.17, 15) is 9.59 Å². The van der Waals surface area contributed by atoms with Crippen molar-refractivity contribution >= 4 is 38.4 Å². The normalized spacial score (nSPS) is 17.1. The summed E-state index contributed by atoms with van der Waals surface area (Å²) in [6, 6.07) is 21.8. The maximum absolute atomic E-state index is 13.7. The Morgan fingerprint density at radius 2 is 1.28 bits per heavy atom. The highest BCUT2D eigenvalue weighted by molar-refractivity contribution is 5.97. The van der Waals surface area contributed by atoms with Crippen molar-refractivity contribution in [3.05, 3.63) is 98.7 Å². The molecule has 0 spiro atoms. The summed E-state index contributed by atoms with van der Waals surface area (Å²) in [4.78, 5) is 29.4. The molecule has 43 heavy (non-hydrogen) atoms. The average Bonchev–Trinajstić information content (AvgIpc) is 3.34. The van der Waals surface area contributed by atoms with Crippen LogP contribution in [0.25, 0.3) is 55.2 Å². The molecule has 0 atom stereocenters. The van der Waals surface area contributed by atoms with Gasteiger partial charge in [-0.2, -0.15) is 0 Å². The Hall–Kier alpha value is -4.58. The van der Waals surface area contributed by atoms with Crippen molar-refractivity contribution in [1.82, 2.24) is 4.57 Å². The Morgan fingerprint density at radius 3 is 1.98 bits per heavy atom.